The van der Waals surface area contributed by atoms with Gasteiger partial charge >= 0.3 is 0 Å². The molecule has 11 heavy (non-hydrogen) atoms. The van der Waals surface area contributed by atoms with Crippen LogP contribution in [0, 0.1) is 17.8 Å². The second kappa shape index (κ2) is 2.22. The molecular weight excluding hydrogens is 136 g/mol. The molecule has 0 radical (unpaired) electrons. The van der Waals surface area contributed by atoms with E-state index in [-0.39, 0.29) is 0 Å². The first kappa shape index (κ1) is 6.47. The molecule has 2 aliphatic carbocycles. The topological polar surface area (TPSA) is 9.23 Å². The molecule has 4 bridgehead atoms. The van der Waals surface area contributed by atoms with E-state index < -0.39 is 0 Å². The summed E-state index contributed by atoms with van der Waals surface area (Å²) >= 11 is 0. The van der Waals surface area contributed by atoms with Gasteiger partial charge in [0.15, 0.2) is 0 Å². The molecule has 1 heteroatoms. The van der Waals surface area contributed by atoms with E-state index in [4.69, 9.17) is 4.74 Å². The predicted molar refractivity (Wildman–Crippen MR) is 43.3 cm³/mol. The molecule has 4 fully saturated rings. The normalized spacial score (nSPS) is 54.5. The van der Waals surface area contributed by atoms with E-state index in [1.165, 1.54) is 32.1 Å². The third-order valence-electron chi connectivity index (χ3n) is 3.76. The highest BCUT2D eigenvalue weighted by molar-refractivity contribution is 4.89. The molecule has 0 N–H and O–H groups in total. The molecule has 2 heterocycles. The number of ether oxygens (including phenoxy) is 1. The smallest absolute Gasteiger partial charge is 0.0580 e. The van der Waals surface area contributed by atoms with Crippen molar-refractivity contribution in [1.82, 2.24) is 0 Å². The Labute approximate surface area is 68.1 Å². The molecule has 0 amide bonds. The quantitative estimate of drug-likeness (QED) is 0.517. The Morgan fingerprint density at radius 2 is 1.36 bits per heavy atom. The Balaban J connectivity index is 1.90. The van der Waals surface area contributed by atoms with Crippen molar-refractivity contribution in [3.8, 4) is 0 Å². The van der Waals surface area contributed by atoms with Gasteiger partial charge in [0.2, 0.25) is 0 Å². The third kappa shape index (κ3) is 1.01. The van der Waals surface area contributed by atoms with Gasteiger partial charge in [0.25, 0.3) is 0 Å². The molecule has 1 nitrogen and oxygen atoms in total. The zero-order chi connectivity index (χ0) is 7.26. The summed E-state index contributed by atoms with van der Waals surface area (Å²) in [4.78, 5) is 0. The average molecular weight is 152 g/mol. The van der Waals surface area contributed by atoms with Gasteiger partial charge in [-0.3, -0.25) is 0 Å². The van der Waals surface area contributed by atoms with Crippen LogP contribution in [0.2, 0.25) is 0 Å². The van der Waals surface area contributed by atoms with Crippen LogP contribution >= 0.6 is 0 Å². The van der Waals surface area contributed by atoms with Crippen LogP contribution in [0.1, 0.15) is 32.1 Å². The maximum Gasteiger partial charge on any atom is 0.0580 e. The van der Waals surface area contributed by atoms with Gasteiger partial charge in [-0.15, -0.1) is 0 Å². The van der Waals surface area contributed by atoms with Crippen molar-refractivity contribution in [2.24, 2.45) is 17.8 Å². The number of fused-ring (bicyclic) bond motifs is 1. The van der Waals surface area contributed by atoms with Gasteiger partial charge in [-0.1, -0.05) is 0 Å². The van der Waals surface area contributed by atoms with Crippen LogP contribution in [0.3, 0.4) is 0 Å². The van der Waals surface area contributed by atoms with Crippen molar-refractivity contribution < 1.29 is 4.74 Å². The summed E-state index contributed by atoms with van der Waals surface area (Å²) in [6.45, 7) is 1.08. The number of hydrogen-bond donors (Lipinski definition) is 0. The maximum absolute atomic E-state index is 5.83. The van der Waals surface area contributed by atoms with Crippen molar-refractivity contribution in [3.05, 3.63) is 0 Å². The van der Waals surface area contributed by atoms with E-state index in [9.17, 15) is 0 Å². The fourth-order valence-corrected chi connectivity index (χ4v) is 3.47. The summed E-state index contributed by atoms with van der Waals surface area (Å²) in [5, 5.41) is 0. The Morgan fingerprint density at radius 3 is 2.09 bits per heavy atom. The standard InChI is InChI=1S/C10H16O/c1-7-2-9-3-8(1)5-10(4-7)11-6-9/h7-10H,1-6H2. The van der Waals surface area contributed by atoms with Crippen LogP contribution in [0.25, 0.3) is 0 Å². The van der Waals surface area contributed by atoms with Gasteiger partial charge in [0.05, 0.1) is 6.10 Å². The summed E-state index contributed by atoms with van der Waals surface area (Å²) in [5.74, 6) is 3.02. The molecule has 0 aromatic rings. The number of rotatable bonds is 0. The fourth-order valence-electron chi connectivity index (χ4n) is 3.47. The van der Waals surface area contributed by atoms with Crippen LogP contribution in [-0.4, -0.2) is 12.7 Å². The Kier molecular flexibility index (Phi) is 1.31. The average Bonchev–Trinajstić information content (AvgIpc) is 2.18. The van der Waals surface area contributed by atoms with Crippen LogP contribution < -0.4 is 0 Å². The second-order valence-electron chi connectivity index (χ2n) is 4.73. The van der Waals surface area contributed by atoms with E-state index >= 15 is 0 Å². The first-order valence-corrected chi connectivity index (χ1v) is 5.02. The highest BCUT2D eigenvalue weighted by Crippen LogP contribution is 2.46. The molecule has 4 aliphatic rings. The summed E-state index contributed by atoms with van der Waals surface area (Å²) in [7, 11) is 0. The highest BCUT2D eigenvalue weighted by Gasteiger charge is 2.39. The van der Waals surface area contributed by atoms with Gasteiger partial charge < -0.3 is 4.74 Å². The lowest BCUT2D eigenvalue weighted by Gasteiger charge is -2.36. The SMILES string of the molecule is C1OC2CC3CC1CC(C3)C2. The van der Waals surface area contributed by atoms with Crippen molar-refractivity contribution in [2.75, 3.05) is 6.61 Å². The molecule has 0 spiro atoms. The van der Waals surface area contributed by atoms with Crippen LogP contribution in [-0.2, 0) is 4.74 Å². The third-order valence-corrected chi connectivity index (χ3v) is 3.76. The van der Waals surface area contributed by atoms with Gasteiger partial charge in [-0.05, 0) is 49.9 Å². The molecule has 2 saturated carbocycles. The first-order chi connectivity index (χ1) is 5.40. The summed E-state index contributed by atoms with van der Waals surface area (Å²) in [6.07, 6.45) is 7.90. The van der Waals surface area contributed by atoms with E-state index in [0.717, 1.165) is 24.4 Å². The molecule has 0 aromatic carbocycles. The van der Waals surface area contributed by atoms with Gasteiger partial charge in [-0.25, -0.2) is 0 Å². The molecule has 62 valence electrons. The molecule has 2 aliphatic heterocycles. The van der Waals surface area contributed by atoms with Crippen molar-refractivity contribution in [1.29, 1.82) is 0 Å². The minimum absolute atomic E-state index is 0.659. The van der Waals surface area contributed by atoms with E-state index in [1.54, 1.807) is 0 Å². The van der Waals surface area contributed by atoms with Crippen LogP contribution in [0.5, 0.6) is 0 Å². The highest BCUT2D eigenvalue weighted by atomic mass is 16.5. The van der Waals surface area contributed by atoms with E-state index in [2.05, 4.69) is 0 Å². The molecule has 2 saturated heterocycles. The fraction of sp³-hybridized carbons (Fsp3) is 1.00. The second-order valence-corrected chi connectivity index (χ2v) is 4.73. The minimum atomic E-state index is 0.659. The Morgan fingerprint density at radius 1 is 0.727 bits per heavy atom. The van der Waals surface area contributed by atoms with Gasteiger partial charge in [0, 0.05) is 6.61 Å². The molecule has 2 unspecified atom stereocenters. The van der Waals surface area contributed by atoms with Crippen LogP contribution in [0.4, 0.5) is 0 Å². The lowest BCUT2D eigenvalue weighted by molar-refractivity contribution is 0.0309. The number of hydrogen-bond acceptors (Lipinski definition) is 1. The molecule has 2 atom stereocenters. The largest absolute Gasteiger partial charge is 0.378 e. The van der Waals surface area contributed by atoms with Crippen molar-refractivity contribution >= 4 is 0 Å². The van der Waals surface area contributed by atoms with Crippen LogP contribution in [0.15, 0.2) is 0 Å². The summed E-state index contributed by atoms with van der Waals surface area (Å²) in [6, 6.07) is 0. The monoisotopic (exact) mass is 152 g/mol. The zero-order valence-electron chi connectivity index (χ0n) is 6.96. The Bertz CT molecular complexity index is 132. The van der Waals surface area contributed by atoms with Crippen molar-refractivity contribution in [3.63, 3.8) is 0 Å². The van der Waals surface area contributed by atoms with E-state index in [0.29, 0.717) is 6.10 Å². The maximum atomic E-state index is 5.83. The Hall–Kier alpha value is -0.0400. The summed E-state index contributed by atoms with van der Waals surface area (Å²) < 4.78 is 5.83. The molecule has 0 aromatic heterocycles. The molecular formula is C10H16O. The predicted octanol–water partition coefficient (Wildman–Crippen LogP) is 2.21. The first-order valence-electron chi connectivity index (χ1n) is 5.02. The van der Waals surface area contributed by atoms with E-state index in [1.807, 2.05) is 0 Å². The van der Waals surface area contributed by atoms with Gasteiger partial charge in [-0.2, -0.15) is 0 Å². The van der Waals surface area contributed by atoms with Crippen molar-refractivity contribution in [2.45, 2.75) is 38.2 Å². The molecule has 4 rings (SSSR count). The lowest BCUT2D eigenvalue weighted by atomic mass is 9.68. The summed E-state index contributed by atoms with van der Waals surface area (Å²) in [5.41, 5.74) is 0. The van der Waals surface area contributed by atoms with Gasteiger partial charge in [0.1, 0.15) is 0 Å². The lowest BCUT2D eigenvalue weighted by Crippen LogP contribution is -2.29. The minimum Gasteiger partial charge on any atom is -0.378 e. The zero-order valence-corrected chi connectivity index (χ0v) is 6.96.